The number of aliphatic hydroxyl groups is 1. The maximum atomic E-state index is 12.2. The molecule has 0 bridgehead atoms. The molecule has 2 rings (SSSR count). The van der Waals surface area contributed by atoms with E-state index < -0.39 is 5.97 Å². The number of carbonyl (C=O) groups is 2. The summed E-state index contributed by atoms with van der Waals surface area (Å²) in [5, 5.41) is 18.4. The largest absolute Gasteiger partial charge is 0.478 e. The SMILES string of the molecule is CC1CN(C(=O)c2ccc(C(=O)O)cc2)CCC1O. The zero-order valence-corrected chi connectivity index (χ0v) is 10.7. The molecule has 1 amide bonds. The smallest absolute Gasteiger partial charge is 0.335 e. The van der Waals surface area contributed by atoms with E-state index in [0.717, 1.165) is 0 Å². The Bertz CT molecular complexity index is 483. The van der Waals surface area contributed by atoms with Crippen molar-refractivity contribution in [3.8, 4) is 0 Å². The van der Waals surface area contributed by atoms with Crippen LogP contribution in [0.1, 0.15) is 34.1 Å². The Morgan fingerprint density at radius 2 is 1.79 bits per heavy atom. The van der Waals surface area contributed by atoms with Crippen molar-refractivity contribution in [3.63, 3.8) is 0 Å². The predicted molar refractivity (Wildman–Crippen MR) is 69.1 cm³/mol. The van der Waals surface area contributed by atoms with E-state index in [4.69, 9.17) is 5.11 Å². The van der Waals surface area contributed by atoms with Gasteiger partial charge in [-0.15, -0.1) is 0 Å². The number of likely N-dealkylation sites (tertiary alicyclic amines) is 1. The number of amides is 1. The molecule has 0 radical (unpaired) electrons. The molecule has 1 aliphatic heterocycles. The van der Waals surface area contributed by atoms with Gasteiger partial charge in [-0.05, 0) is 36.6 Å². The second-order valence-corrected chi connectivity index (χ2v) is 4.97. The van der Waals surface area contributed by atoms with Crippen molar-refractivity contribution in [2.45, 2.75) is 19.4 Å². The fourth-order valence-corrected chi connectivity index (χ4v) is 2.26. The first kappa shape index (κ1) is 13.5. The molecule has 1 fully saturated rings. The first-order valence-electron chi connectivity index (χ1n) is 6.29. The average molecular weight is 263 g/mol. The van der Waals surface area contributed by atoms with E-state index >= 15 is 0 Å². The lowest BCUT2D eigenvalue weighted by Gasteiger charge is -2.34. The van der Waals surface area contributed by atoms with Gasteiger partial charge in [0.1, 0.15) is 0 Å². The summed E-state index contributed by atoms with van der Waals surface area (Å²) in [6.07, 6.45) is 0.235. The maximum Gasteiger partial charge on any atom is 0.335 e. The number of benzene rings is 1. The van der Waals surface area contributed by atoms with Gasteiger partial charge in [0.05, 0.1) is 11.7 Å². The molecule has 2 N–H and O–H groups in total. The van der Waals surface area contributed by atoms with Crippen LogP contribution in [-0.2, 0) is 0 Å². The van der Waals surface area contributed by atoms with Crippen molar-refractivity contribution in [1.82, 2.24) is 4.90 Å². The number of rotatable bonds is 2. The summed E-state index contributed by atoms with van der Waals surface area (Å²) in [6, 6.07) is 5.92. The van der Waals surface area contributed by atoms with E-state index in [-0.39, 0.29) is 23.5 Å². The Morgan fingerprint density at radius 1 is 1.21 bits per heavy atom. The minimum Gasteiger partial charge on any atom is -0.478 e. The van der Waals surface area contributed by atoms with Gasteiger partial charge < -0.3 is 15.1 Å². The third kappa shape index (κ3) is 2.93. The normalized spacial score (nSPS) is 23.2. The summed E-state index contributed by atoms with van der Waals surface area (Å²) in [5.41, 5.74) is 0.646. The number of carbonyl (C=O) groups excluding carboxylic acids is 1. The van der Waals surface area contributed by atoms with Gasteiger partial charge in [0.25, 0.3) is 5.91 Å². The van der Waals surface area contributed by atoms with Crippen LogP contribution in [0.4, 0.5) is 0 Å². The highest BCUT2D eigenvalue weighted by Crippen LogP contribution is 2.19. The molecule has 1 aliphatic rings. The predicted octanol–water partition coefficient (Wildman–Crippen LogP) is 1.23. The monoisotopic (exact) mass is 263 g/mol. The van der Waals surface area contributed by atoms with Crippen molar-refractivity contribution in [1.29, 1.82) is 0 Å². The molecule has 0 spiro atoms. The maximum absolute atomic E-state index is 12.2. The van der Waals surface area contributed by atoms with Crippen LogP contribution in [0.3, 0.4) is 0 Å². The van der Waals surface area contributed by atoms with E-state index in [1.54, 1.807) is 4.90 Å². The zero-order valence-electron chi connectivity index (χ0n) is 10.7. The molecule has 1 aromatic carbocycles. The molecular formula is C14H17NO4. The van der Waals surface area contributed by atoms with Crippen LogP contribution in [0.15, 0.2) is 24.3 Å². The summed E-state index contributed by atoms with van der Waals surface area (Å²) in [6.45, 7) is 2.98. The van der Waals surface area contributed by atoms with E-state index in [1.165, 1.54) is 24.3 Å². The van der Waals surface area contributed by atoms with Gasteiger partial charge in [-0.2, -0.15) is 0 Å². The van der Waals surface area contributed by atoms with E-state index in [2.05, 4.69) is 0 Å². The van der Waals surface area contributed by atoms with Crippen LogP contribution < -0.4 is 0 Å². The first-order chi connectivity index (χ1) is 8.99. The molecule has 102 valence electrons. The van der Waals surface area contributed by atoms with Crippen LogP contribution in [0.5, 0.6) is 0 Å². The lowest BCUT2D eigenvalue weighted by Crippen LogP contribution is -2.44. The van der Waals surface area contributed by atoms with Gasteiger partial charge in [-0.1, -0.05) is 6.92 Å². The van der Waals surface area contributed by atoms with Crippen molar-refractivity contribution in [2.75, 3.05) is 13.1 Å². The molecule has 5 nitrogen and oxygen atoms in total. The van der Waals surface area contributed by atoms with Gasteiger partial charge >= 0.3 is 5.97 Å². The second-order valence-electron chi connectivity index (χ2n) is 4.97. The number of hydrogen-bond donors (Lipinski definition) is 2. The quantitative estimate of drug-likeness (QED) is 0.841. The molecule has 2 atom stereocenters. The van der Waals surface area contributed by atoms with Crippen LogP contribution in [-0.4, -0.2) is 46.2 Å². The highest BCUT2D eigenvalue weighted by atomic mass is 16.4. The Hall–Kier alpha value is -1.88. The molecule has 0 aromatic heterocycles. The van der Waals surface area contributed by atoms with Gasteiger partial charge in [0.2, 0.25) is 0 Å². The Kier molecular flexibility index (Phi) is 3.85. The topological polar surface area (TPSA) is 77.8 Å². The fraction of sp³-hybridized carbons (Fsp3) is 0.429. The van der Waals surface area contributed by atoms with Gasteiger partial charge in [0, 0.05) is 18.7 Å². The molecule has 0 saturated carbocycles. The molecule has 19 heavy (non-hydrogen) atoms. The Labute approximate surface area is 111 Å². The molecule has 1 aromatic rings. The standard InChI is InChI=1S/C14H17NO4/c1-9-8-15(7-6-12(9)16)13(17)10-2-4-11(5-3-10)14(18)19/h2-5,9,12,16H,6-8H2,1H3,(H,18,19). The molecule has 0 aliphatic carbocycles. The van der Waals surface area contributed by atoms with Crippen molar-refractivity contribution in [3.05, 3.63) is 35.4 Å². The number of hydrogen-bond acceptors (Lipinski definition) is 3. The van der Waals surface area contributed by atoms with Crippen LogP contribution in [0, 0.1) is 5.92 Å². The van der Waals surface area contributed by atoms with E-state index in [9.17, 15) is 14.7 Å². The Balaban J connectivity index is 2.09. The summed E-state index contributed by atoms with van der Waals surface area (Å²) in [5.74, 6) is -1.06. The summed E-state index contributed by atoms with van der Waals surface area (Å²) in [7, 11) is 0. The van der Waals surface area contributed by atoms with Crippen molar-refractivity contribution >= 4 is 11.9 Å². The number of nitrogens with zero attached hydrogens (tertiary/aromatic N) is 1. The molecule has 2 unspecified atom stereocenters. The zero-order chi connectivity index (χ0) is 14.0. The average Bonchev–Trinajstić information content (AvgIpc) is 2.41. The van der Waals surface area contributed by atoms with Crippen LogP contribution in [0.25, 0.3) is 0 Å². The molecule has 1 saturated heterocycles. The van der Waals surface area contributed by atoms with Crippen molar-refractivity contribution in [2.24, 2.45) is 5.92 Å². The fourth-order valence-electron chi connectivity index (χ4n) is 2.26. The van der Waals surface area contributed by atoms with E-state index in [0.29, 0.717) is 25.1 Å². The number of aliphatic hydroxyl groups excluding tert-OH is 1. The second kappa shape index (κ2) is 5.40. The Morgan fingerprint density at radius 3 is 2.32 bits per heavy atom. The lowest BCUT2D eigenvalue weighted by atomic mass is 9.96. The number of aromatic carboxylic acids is 1. The minimum atomic E-state index is -1.01. The third-order valence-corrected chi connectivity index (χ3v) is 3.53. The lowest BCUT2D eigenvalue weighted by molar-refractivity contribution is 0.0297. The number of piperidine rings is 1. The third-order valence-electron chi connectivity index (χ3n) is 3.53. The summed E-state index contributed by atoms with van der Waals surface area (Å²) in [4.78, 5) is 24.7. The van der Waals surface area contributed by atoms with Crippen LogP contribution >= 0.6 is 0 Å². The summed E-state index contributed by atoms with van der Waals surface area (Å²) >= 11 is 0. The van der Waals surface area contributed by atoms with E-state index in [1.807, 2.05) is 6.92 Å². The van der Waals surface area contributed by atoms with Crippen molar-refractivity contribution < 1.29 is 19.8 Å². The first-order valence-corrected chi connectivity index (χ1v) is 6.29. The highest BCUT2D eigenvalue weighted by molar-refractivity contribution is 5.96. The van der Waals surface area contributed by atoms with Gasteiger partial charge in [0.15, 0.2) is 0 Å². The van der Waals surface area contributed by atoms with Gasteiger partial charge in [-0.25, -0.2) is 4.79 Å². The molecular weight excluding hydrogens is 246 g/mol. The van der Waals surface area contributed by atoms with Gasteiger partial charge in [-0.3, -0.25) is 4.79 Å². The van der Waals surface area contributed by atoms with Crippen LogP contribution in [0.2, 0.25) is 0 Å². The number of carboxylic acids is 1. The highest BCUT2D eigenvalue weighted by Gasteiger charge is 2.27. The number of carboxylic acid groups (broad SMARTS) is 1. The molecule has 1 heterocycles. The molecule has 5 heteroatoms. The summed E-state index contributed by atoms with van der Waals surface area (Å²) < 4.78 is 0. The minimum absolute atomic E-state index is 0.0657.